The summed E-state index contributed by atoms with van der Waals surface area (Å²) in [5.74, 6) is -0.504. The monoisotopic (exact) mass is 454 g/mol. The Labute approximate surface area is 213 Å². The summed E-state index contributed by atoms with van der Waals surface area (Å²) in [6, 6.07) is 4.20. The van der Waals surface area contributed by atoms with Gasteiger partial charge in [-0.1, -0.05) is 68.3 Å². The van der Waals surface area contributed by atoms with Crippen molar-refractivity contribution in [3.05, 3.63) is 94.8 Å². The number of hydrogen-bond donors (Lipinski definition) is 0. The van der Waals surface area contributed by atoms with Crippen LogP contribution in [0.2, 0.25) is 0 Å². The highest BCUT2D eigenvalue weighted by molar-refractivity contribution is 6.15. The number of nitrogens with zero attached hydrogens (tertiary/aromatic N) is 2. The van der Waals surface area contributed by atoms with E-state index >= 15 is 0 Å². The molecule has 0 aliphatic rings. The van der Waals surface area contributed by atoms with Gasteiger partial charge in [0.1, 0.15) is 18.2 Å². The molecule has 3 aromatic carbocycles. The van der Waals surface area contributed by atoms with E-state index in [9.17, 15) is 1.37 Å². The number of hydrogen-bond acceptors (Lipinski definition) is 1. The molecule has 34 heavy (non-hydrogen) atoms. The third-order valence-electron chi connectivity index (χ3n) is 5.92. The summed E-state index contributed by atoms with van der Waals surface area (Å²) in [6.45, 7) is 14.8. The molecular formula is C31H29N2O+. The topological polar surface area (TPSA) is 21.4 Å². The number of aromatic nitrogens is 1. The Hall–Kier alpha value is -3.90. The largest absolute Gasteiger partial charge is 0.456 e. The minimum absolute atomic E-state index is 0.0178. The van der Waals surface area contributed by atoms with E-state index in [1.54, 1.807) is 38.5 Å². The van der Waals surface area contributed by atoms with E-state index < -0.39 is 42.5 Å². The normalized spacial score (nSPS) is 15.6. The molecule has 0 aliphatic heterocycles. The highest BCUT2D eigenvalue weighted by Gasteiger charge is 2.24. The van der Waals surface area contributed by atoms with Crippen molar-refractivity contribution in [1.82, 2.24) is 0 Å². The van der Waals surface area contributed by atoms with Gasteiger partial charge in [0.25, 0.3) is 0 Å². The van der Waals surface area contributed by atoms with Gasteiger partial charge in [-0.05, 0) is 35.9 Å². The van der Waals surface area contributed by atoms with Gasteiger partial charge in [0.15, 0.2) is 11.4 Å². The molecule has 0 spiro atoms. The smallest absolute Gasteiger partial charge is 0.216 e. The Morgan fingerprint density at radius 2 is 1.68 bits per heavy atom. The van der Waals surface area contributed by atoms with Gasteiger partial charge in [0.05, 0.1) is 21.7 Å². The molecule has 0 radical (unpaired) electrons. The Morgan fingerprint density at radius 3 is 2.35 bits per heavy atom. The lowest BCUT2D eigenvalue weighted by Gasteiger charge is -2.11. The third-order valence-corrected chi connectivity index (χ3v) is 5.92. The summed E-state index contributed by atoms with van der Waals surface area (Å²) in [6.07, 6.45) is -1.96. The first-order chi connectivity index (χ1) is 20.1. The van der Waals surface area contributed by atoms with E-state index in [1.807, 2.05) is 19.1 Å². The summed E-state index contributed by atoms with van der Waals surface area (Å²) in [5, 5.41) is 1.16. The van der Waals surface area contributed by atoms with Crippen molar-refractivity contribution in [2.75, 3.05) is 0 Å². The van der Waals surface area contributed by atoms with Crippen LogP contribution in [0, 0.1) is 26.3 Å². The van der Waals surface area contributed by atoms with Crippen molar-refractivity contribution in [2.24, 2.45) is 13.0 Å². The number of benzene rings is 3. The molecule has 0 saturated carbocycles. The quantitative estimate of drug-likeness (QED) is 0.198. The summed E-state index contributed by atoms with van der Waals surface area (Å²) in [7, 11) is 1.71. The zero-order valence-electron chi connectivity index (χ0n) is 28.7. The van der Waals surface area contributed by atoms with Gasteiger partial charge in [0, 0.05) is 38.1 Å². The maximum absolute atomic E-state index is 9.21. The van der Waals surface area contributed by atoms with Crippen LogP contribution in [0.5, 0.6) is 0 Å². The molecule has 3 nitrogen and oxygen atoms in total. The van der Waals surface area contributed by atoms with Gasteiger partial charge < -0.3 is 4.42 Å². The second-order valence-electron chi connectivity index (χ2n) is 8.60. The van der Waals surface area contributed by atoms with Gasteiger partial charge >= 0.3 is 0 Å². The first-order valence-electron chi connectivity index (χ1n) is 15.5. The SMILES string of the molecule is [2H]c1c([2H])c([2H])c(-c2c([N+]#[C-])ccc3c2oc2c(-c4c([2H])c(C([2H])([2H])C(C)C)c([2H])c(C)[n+]4C)c(C)ccc23)c([2H])c1[2H]. The number of aryl methyl sites for hydroxylation is 1. The first kappa shape index (κ1) is 13.7. The van der Waals surface area contributed by atoms with Crippen LogP contribution in [-0.4, -0.2) is 0 Å². The lowest BCUT2D eigenvalue weighted by Crippen LogP contribution is -2.35. The Bertz CT molecular complexity index is 2030. The number of fused-ring (bicyclic) bond motifs is 3. The molecule has 0 amide bonds. The number of furan rings is 1. The van der Waals surface area contributed by atoms with Crippen LogP contribution >= 0.6 is 0 Å². The molecular weight excluding hydrogens is 416 g/mol. The Balaban J connectivity index is 1.98. The van der Waals surface area contributed by atoms with Crippen molar-refractivity contribution >= 4 is 27.6 Å². The van der Waals surface area contributed by atoms with Crippen LogP contribution in [0.1, 0.15) is 43.0 Å². The molecule has 0 saturated heterocycles. The highest BCUT2D eigenvalue weighted by Crippen LogP contribution is 2.44. The van der Waals surface area contributed by atoms with Crippen LogP contribution < -0.4 is 4.57 Å². The molecule has 0 atom stereocenters. The second-order valence-corrected chi connectivity index (χ2v) is 8.60. The maximum atomic E-state index is 9.21. The summed E-state index contributed by atoms with van der Waals surface area (Å²) in [5.41, 5.74) is 2.51. The van der Waals surface area contributed by atoms with E-state index in [-0.39, 0.29) is 40.0 Å². The number of rotatable bonds is 4. The molecule has 3 heteroatoms. The molecule has 5 aromatic rings. The minimum atomic E-state index is -1.96. The van der Waals surface area contributed by atoms with Crippen LogP contribution in [0.15, 0.2) is 71.0 Å². The van der Waals surface area contributed by atoms with E-state index in [2.05, 4.69) is 4.85 Å². The maximum Gasteiger partial charge on any atom is 0.216 e. The van der Waals surface area contributed by atoms with Crippen molar-refractivity contribution in [3.63, 3.8) is 0 Å². The molecule has 0 aliphatic carbocycles. The third kappa shape index (κ3) is 3.56. The lowest BCUT2D eigenvalue weighted by molar-refractivity contribution is -0.666. The highest BCUT2D eigenvalue weighted by atomic mass is 16.3. The van der Waals surface area contributed by atoms with Gasteiger partial charge in [0.2, 0.25) is 5.69 Å². The van der Waals surface area contributed by atoms with Crippen LogP contribution in [0.25, 0.3) is 49.2 Å². The fourth-order valence-corrected chi connectivity index (χ4v) is 4.25. The second kappa shape index (κ2) is 8.47. The van der Waals surface area contributed by atoms with Gasteiger partial charge in [-0.3, -0.25) is 0 Å². The Kier molecular flexibility index (Phi) is 3.42. The van der Waals surface area contributed by atoms with E-state index in [4.69, 9.17) is 22.0 Å². The standard InChI is InChI=1S/C31H29N2O/c1-19(2)16-22-17-21(4)33(6)27(18-22)28-20(3)12-13-24-25-14-15-26(32-5)29(31(25)34-30(24)28)23-10-8-7-9-11-23/h7-15,17-19H,16H2,1-4,6H3/q+1/i7D,8D,9D,10D,11D,16D2,17D,18D. The first-order valence-corrected chi connectivity index (χ1v) is 11.0. The molecule has 0 N–H and O–H groups in total. The average Bonchev–Trinajstić information content (AvgIpc) is 3.33. The van der Waals surface area contributed by atoms with Gasteiger partial charge in [-0.25, -0.2) is 4.85 Å². The van der Waals surface area contributed by atoms with Crippen molar-refractivity contribution in [3.8, 4) is 22.4 Å². The molecule has 0 unspecified atom stereocenters. The fraction of sp³-hybridized carbons (Fsp3) is 0.226. The van der Waals surface area contributed by atoms with Crippen LogP contribution in [0.3, 0.4) is 0 Å². The van der Waals surface area contributed by atoms with E-state index in [0.717, 1.165) is 5.56 Å². The predicted molar refractivity (Wildman–Crippen MR) is 140 cm³/mol. The summed E-state index contributed by atoms with van der Waals surface area (Å²) >= 11 is 0. The summed E-state index contributed by atoms with van der Waals surface area (Å²) in [4.78, 5) is 3.59. The summed E-state index contributed by atoms with van der Waals surface area (Å²) < 4.78 is 85.3. The lowest BCUT2D eigenvalue weighted by atomic mass is 9.96. The minimum Gasteiger partial charge on any atom is -0.456 e. The Morgan fingerprint density at radius 1 is 1.00 bits per heavy atom. The fourth-order valence-electron chi connectivity index (χ4n) is 4.25. The molecule has 5 rings (SSSR count). The zero-order valence-corrected chi connectivity index (χ0v) is 19.7. The predicted octanol–water partition coefficient (Wildman–Crippen LogP) is 8.11. The van der Waals surface area contributed by atoms with Gasteiger partial charge in [-0.15, -0.1) is 0 Å². The van der Waals surface area contributed by atoms with Crippen LogP contribution in [-0.2, 0) is 13.4 Å². The molecule has 2 aromatic heterocycles. The molecule has 2 heterocycles. The van der Waals surface area contributed by atoms with Crippen molar-refractivity contribution in [1.29, 1.82) is 0 Å². The molecule has 0 fully saturated rings. The van der Waals surface area contributed by atoms with Crippen LogP contribution in [0.4, 0.5) is 5.69 Å². The van der Waals surface area contributed by atoms with Crippen molar-refractivity contribution < 1.29 is 21.3 Å². The zero-order chi connectivity index (χ0) is 31.9. The molecule has 168 valence electrons. The van der Waals surface area contributed by atoms with E-state index in [0.29, 0.717) is 33.3 Å². The number of pyridine rings is 1. The average molecular weight is 455 g/mol. The van der Waals surface area contributed by atoms with Crippen molar-refractivity contribution in [2.45, 2.75) is 34.1 Å². The van der Waals surface area contributed by atoms with Gasteiger partial charge in [-0.2, -0.15) is 4.57 Å². The molecule has 0 bridgehead atoms. The van der Waals surface area contributed by atoms with E-state index in [1.165, 1.54) is 6.07 Å².